The smallest absolute Gasteiger partial charge is 0.315 e. The summed E-state index contributed by atoms with van der Waals surface area (Å²) in [5.74, 6) is 0.859. The van der Waals surface area contributed by atoms with Gasteiger partial charge in [0, 0.05) is 18.0 Å². The number of carbonyl (C=O) groups is 1. The van der Waals surface area contributed by atoms with Crippen LogP contribution in [0.5, 0.6) is 0 Å². The Kier molecular flexibility index (Phi) is 6.72. The number of nitrogens with zero attached hydrogens (tertiary/aromatic N) is 2. The molecule has 6 nitrogen and oxygen atoms in total. The lowest BCUT2D eigenvalue weighted by Gasteiger charge is -2.31. The minimum absolute atomic E-state index is 0.186. The molecule has 0 radical (unpaired) electrons. The van der Waals surface area contributed by atoms with Crippen LogP contribution in [0.4, 0.5) is 0 Å². The van der Waals surface area contributed by atoms with Crippen LogP contribution in [-0.4, -0.2) is 59.9 Å². The van der Waals surface area contributed by atoms with Crippen molar-refractivity contribution >= 4 is 28.8 Å². The van der Waals surface area contributed by atoms with E-state index in [0.29, 0.717) is 0 Å². The topological polar surface area (TPSA) is 67.5 Å². The number of para-hydroxylation sites is 2. The van der Waals surface area contributed by atoms with Crippen molar-refractivity contribution in [3.05, 3.63) is 59.9 Å². The van der Waals surface area contributed by atoms with Crippen molar-refractivity contribution in [2.45, 2.75) is 29.9 Å². The van der Waals surface area contributed by atoms with Crippen molar-refractivity contribution < 1.29 is 14.3 Å². The van der Waals surface area contributed by atoms with E-state index in [4.69, 9.17) is 14.5 Å². The molecule has 0 amide bonds. The highest BCUT2D eigenvalue weighted by molar-refractivity contribution is 8.00. The highest BCUT2D eigenvalue weighted by Crippen LogP contribution is 2.32. The number of piperidine rings is 1. The van der Waals surface area contributed by atoms with Crippen LogP contribution in [0.2, 0.25) is 0 Å². The van der Waals surface area contributed by atoms with Crippen LogP contribution in [0.3, 0.4) is 0 Å². The second-order valence-electron chi connectivity index (χ2n) is 7.60. The van der Waals surface area contributed by atoms with Crippen LogP contribution < -0.4 is 0 Å². The first-order valence-electron chi connectivity index (χ1n) is 10.2. The summed E-state index contributed by atoms with van der Waals surface area (Å²) < 4.78 is 11.4. The number of rotatable bonds is 7. The molecule has 1 aromatic heterocycles. The summed E-state index contributed by atoms with van der Waals surface area (Å²) in [5.41, 5.74) is 2.96. The summed E-state index contributed by atoms with van der Waals surface area (Å²) in [4.78, 5) is 23.1. The Morgan fingerprint density at radius 2 is 2.03 bits per heavy atom. The Labute approximate surface area is 181 Å². The zero-order valence-corrected chi connectivity index (χ0v) is 18.2. The summed E-state index contributed by atoms with van der Waals surface area (Å²) >= 11 is 1.46. The summed E-state index contributed by atoms with van der Waals surface area (Å²) in [5, 5.41) is 0. The molecule has 1 saturated heterocycles. The van der Waals surface area contributed by atoms with E-state index in [0.717, 1.165) is 53.2 Å². The molecule has 0 spiro atoms. The molecule has 0 bridgehead atoms. The van der Waals surface area contributed by atoms with Crippen molar-refractivity contribution in [1.82, 2.24) is 14.9 Å². The van der Waals surface area contributed by atoms with E-state index in [1.165, 1.54) is 18.9 Å². The zero-order chi connectivity index (χ0) is 20.9. The Morgan fingerprint density at radius 1 is 1.23 bits per heavy atom. The fourth-order valence-electron chi connectivity index (χ4n) is 3.68. The van der Waals surface area contributed by atoms with Gasteiger partial charge in [-0.2, -0.15) is 0 Å². The normalized spacial score (nSPS) is 16.6. The number of hydrogen-bond donors (Lipinski definition) is 1. The molecule has 1 fully saturated rings. The minimum atomic E-state index is -0.288. The van der Waals surface area contributed by atoms with Gasteiger partial charge in [0.1, 0.15) is 11.9 Å². The number of aromatic nitrogens is 2. The molecular formula is C23H27N3O3S. The van der Waals surface area contributed by atoms with E-state index >= 15 is 0 Å². The first kappa shape index (κ1) is 20.9. The fraction of sp³-hybridized carbons (Fsp3) is 0.391. The summed E-state index contributed by atoms with van der Waals surface area (Å²) in [6.07, 6.45) is 1.91. The third-order valence-electron chi connectivity index (χ3n) is 5.40. The van der Waals surface area contributed by atoms with Crippen LogP contribution in [0.25, 0.3) is 11.0 Å². The van der Waals surface area contributed by atoms with E-state index in [1.807, 2.05) is 36.4 Å². The van der Waals surface area contributed by atoms with Crippen molar-refractivity contribution in [3.63, 3.8) is 0 Å². The number of esters is 1. The number of H-pyrrole nitrogens is 1. The Bertz CT molecular complexity index is 965. The predicted octanol–water partition coefficient (Wildman–Crippen LogP) is 4.03. The number of carbonyl (C=O) groups excluding carboxylic acids is 1. The zero-order valence-electron chi connectivity index (χ0n) is 17.3. The lowest BCUT2D eigenvalue weighted by atomic mass is 10.1. The molecule has 0 aliphatic carbocycles. The van der Waals surface area contributed by atoms with Crippen LogP contribution in [-0.2, 0) is 14.3 Å². The summed E-state index contributed by atoms with van der Waals surface area (Å²) in [7, 11) is 3.56. The number of nitrogens with one attached hydrogen (secondary N) is 1. The maximum atomic E-state index is 11.5. The molecule has 2 heterocycles. The lowest BCUT2D eigenvalue weighted by Crippen LogP contribution is -2.35. The SMILES string of the molecule is COC(=O)CSc1cccc(C(OC2CCN(C)CC2)c2nc3ccccc3[nH]2)c1. The van der Waals surface area contributed by atoms with Gasteiger partial charge in [-0.05, 0) is 49.7 Å². The highest BCUT2D eigenvalue weighted by Gasteiger charge is 2.26. The Hall–Kier alpha value is -2.35. The number of aromatic amines is 1. The molecule has 1 aliphatic rings. The van der Waals surface area contributed by atoms with Crippen LogP contribution >= 0.6 is 11.8 Å². The van der Waals surface area contributed by atoms with Crippen molar-refractivity contribution in [2.75, 3.05) is 33.0 Å². The Morgan fingerprint density at radius 3 is 2.80 bits per heavy atom. The second kappa shape index (κ2) is 9.64. The van der Waals surface area contributed by atoms with Gasteiger partial charge in [0.05, 0.1) is 30.0 Å². The van der Waals surface area contributed by atoms with Gasteiger partial charge in [0.2, 0.25) is 0 Å². The molecule has 1 unspecified atom stereocenters. The van der Waals surface area contributed by atoms with Gasteiger partial charge < -0.3 is 19.4 Å². The summed E-state index contributed by atoms with van der Waals surface area (Å²) in [6, 6.07) is 16.2. The largest absolute Gasteiger partial charge is 0.468 e. The first-order chi connectivity index (χ1) is 14.6. The monoisotopic (exact) mass is 425 g/mol. The maximum Gasteiger partial charge on any atom is 0.315 e. The van der Waals surface area contributed by atoms with E-state index in [2.05, 4.69) is 29.1 Å². The van der Waals surface area contributed by atoms with Crippen molar-refractivity contribution in [2.24, 2.45) is 0 Å². The van der Waals surface area contributed by atoms with Crippen molar-refractivity contribution in [1.29, 1.82) is 0 Å². The molecule has 2 aromatic carbocycles. The molecule has 158 valence electrons. The predicted molar refractivity (Wildman–Crippen MR) is 119 cm³/mol. The van der Waals surface area contributed by atoms with Crippen molar-refractivity contribution in [3.8, 4) is 0 Å². The highest BCUT2D eigenvalue weighted by atomic mass is 32.2. The van der Waals surface area contributed by atoms with E-state index < -0.39 is 0 Å². The standard InChI is InChI=1S/C23H27N3O3S/c1-26-12-10-17(11-13-26)29-22(23-24-19-8-3-4-9-20(19)25-23)16-6-5-7-18(14-16)30-15-21(27)28-2/h3-9,14,17,22H,10-13,15H2,1-2H3,(H,24,25). The van der Waals surface area contributed by atoms with Crippen LogP contribution in [0.15, 0.2) is 53.4 Å². The number of hydrogen-bond acceptors (Lipinski definition) is 6. The van der Waals surface area contributed by atoms with Gasteiger partial charge in [0.25, 0.3) is 0 Å². The molecule has 4 rings (SSSR count). The number of imidazole rings is 1. The van der Waals surface area contributed by atoms with Gasteiger partial charge in [-0.25, -0.2) is 4.98 Å². The van der Waals surface area contributed by atoms with Gasteiger partial charge in [-0.3, -0.25) is 4.79 Å². The van der Waals surface area contributed by atoms with E-state index in [-0.39, 0.29) is 23.9 Å². The van der Waals surface area contributed by atoms with E-state index in [1.54, 1.807) is 0 Å². The molecule has 3 aromatic rings. The fourth-order valence-corrected chi connectivity index (χ4v) is 4.48. The molecule has 30 heavy (non-hydrogen) atoms. The van der Waals surface area contributed by atoms with Crippen LogP contribution in [0.1, 0.15) is 30.3 Å². The second-order valence-corrected chi connectivity index (χ2v) is 8.64. The van der Waals surface area contributed by atoms with Gasteiger partial charge in [-0.1, -0.05) is 24.3 Å². The quantitative estimate of drug-likeness (QED) is 0.455. The first-order valence-corrected chi connectivity index (χ1v) is 11.2. The number of ether oxygens (including phenoxy) is 2. The van der Waals surface area contributed by atoms with Crippen LogP contribution in [0, 0.1) is 0 Å². The Balaban J connectivity index is 1.62. The lowest BCUT2D eigenvalue weighted by molar-refractivity contribution is -0.137. The molecular weight excluding hydrogens is 398 g/mol. The van der Waals surface area contributed by atoms with E-state index in [9.17, 15) is 4.79 Å². The van der Waals surface area contributed by atoms with Gasteiger partial charge >= 0.3 is 5.97 Å². The third-order valence-corrected chi connectivity index (χ3v) is 6.36. The van der Waals surface area contributed by atoms with Gasteiger partial charge in [0.15, 0.2) is 0 Å². The molecule has 1 N–H and O–H groups in total. The molecule has 7 heteroatoms. The molecule has 1 atom stereocenters. The number of methoxy groups -OCH3 is 1. The third kappa shape index (κ3) is 5.03. The number of fused-ring (bicyclic) bond motifs is 1. The number of likely N-dealkylation sites (tertiary alicyclic amines) is 1. The minimum Gasteiger partial charge on any atom is -0.468 e. The molecule has 1 aliphatic heterocycles. The molecule has 0 saturated carbocycles. The maximum absolute atomic E-state index is 11.5. The number of benzene rings is 2. The average molecular weight is 426 g/mol. The summed E-state index contributed by atoms with van der Waals surface area (Å²) in [6.45, 7) is 2.07. The van der Waals surface area contributed by atoms with Gasteiger partial charge in [-0.15, -0.1) is 11.8 Å². The number of thioether (sulfide) groups is 1. The average Bonchev–Trinajstić information content (AvgIpc) is 3.21.